The van der Waals surface area contributed by atoms with Crippen LogP contribution >= 0.6 is 0 Å². The topological polar surface area (TPSA) is 79.8 Å². The molecule has 0 radical (unpaired) electrons. The summed E-state index contributed by atoms with van der Waals surface area (Å²) >= 11 is 0. The molecule has 0 aliphatic carbocycles. The van der Waals surface area contributed by atoms with Gasteiger partial charge in [0.1, 0.15) is 17.4 Å². The van der Waals surface area contributed by atoms with Gasteiger partial charge in [0, 0.05) is 37.6 Å². The predicted octanol–water partition coefficient (Wildman–Crippen LogP) is 3.30. The first kappa shape index (κ1) is 20.6. The maximum Gasteiger partial charge on any atom is 0.243 e. The zero-order chi connectivity index (χ0) is 22.6. The molecule has 33 heavy (non-hydrogen) atoms. The Morgan fingerprint density at radius 2 is 1.70 bits per heavy atom. The zero-order valence-electron chi connectivity index (χ0n) is 18.2. The van der Waals surface area contributed by atoms with Crippen molar-refractivity contribution in [3.05, 3.63) is 59.8 Å². The number of para-hydroxylation sites is 1. The highest BCUT2D eigenvalue weighted by Crippen LogP contribution is 2.39. The molecule has 7 nitrogen and oxygen atoms in total. The summed E-state index contributed by atoms with van der Waals surface area (Å²) in [6, 6.07) is 13.3. The number of pyridine rings is 1. The van der Waals surface area contributed by atoms with Gasteiger partial charge in [-0.15, -0.1) is 0 Å². The van der Waals surface area contributed by atoms with Gasteiger partial charge in [-0.25, -0.2) is 8.42 Å². The minimum atomic E-state index is -3.59. The van der Waals surface area contributed by atoms with Crippen molar-refractivity contribution >= 4 is 32.5 Å². The first-order valence-corrected chi connectivity index (χ1v) is 12.9. The summed E-state index contributed by atoms with van der Waals surface area (Å²) in [6.45, 7) is 1.49. The molecular formula is C25H25N3O4S. The van der Waals surface area contributed by atoms with Crippen LogP contribution in [0.25, 0.3) is 10.9 Å². The van der Waals surface area contributed by atoms with Crippen LogP contribution in [0.1, 0.15) is 30.4 Å². The molecule has 0 unspecified atom stereocenters. The molecule has 4 heterocycles. The van der Waals surface area contributed by atoms with Crippen LogP contribution in [0, 0.1) is 0 Å². The Morgan fingerprint density at radius 1 is 0.939 bits per heavy atom. The average molecular weight is 464 g/mol. The minimum absolute atomic E-state index is 0.0511. The van der Waals surface area contributed by atoms with Crippen molar-refractivity contribution in [3.8, 4) is 5.75 Å². The second kappa shape index (κ2) is 7.81. The summed E-state index contributed by atoms with van der Waals surface area (Å²) in [4.78, 5) is 18.8. The summed E-state index contributed by atoms with van der Waals surface area (Å²) in [5.74, 6) is 0.881. The van der Waals surface area contributed by atoms with Gasteiger partial charge >= 0.3 is 0 Å². The van der Waals surface area contributed by atoms with Crippen molar-refractivity contribution in [2.45, 2.75) is 43.1 Å². The Labute approximate surface area is 193 Å². The number of hydrogen-bond acceptors (Lipinski definition) is 5. The smallest absolute Gasteiger partial charge is 0.243 e. The Morgan fingerprint density at radius 3 is 2.52 bits per heavy atom. The van der Waals surface area contributed by atoms with E-state index in [2.05, 4.69) is 4.98 Å². The van der Waals surface area contributed by atoms with Crippen molar-refractivity contribution in [2.75, 3.05) is 24.5 Å². The number of anilines is 1. The lowest BCUT2D eigenvalue weighted by molar-refractivity contribution is -0.118. The van der Waals surface area contributed by atoms with Gasteiger partial charge in [0.2, 0.25) is 15.9 Å². The minimum Gasteiger partial charge on any atom is -0.488 e. The number of piperidine rings is 1. The number of rotatable bonds is 4. The summed E-state index contributed by atoms with van der Waals surface area (Å²) in [6.07, 6.45) is 4.73. The molecule has 1 saturated heterocycles. The molecule has 170 valence electrons. The van der Waals surface area contributed by atoms with Crippen LogP contribution in [-0.4, -0.2) is 49.4 Å². The number of benzene rings is 2. The third-order valence-corrected chi connectivity index (χ3v) is 8.83. The van der Waals surface area contributed by atoms with E-state index in [4.69, 9.17) is 4.74 Å². The van der Waals surface area contributed by atoms with E-state index in [0.717, 1.165) is 33.5 Å². The van der Waals surface area contributed by atoms with E-state index < -0.39 is 10.0 Å². The molecular weight excluding hydrogens is 438 g/mol. The number of carbonyl (C=O) groups is 1. The number of carbonyl (C=O) groups excluding carboxylic acids is 1. The Balaban J connectivity index is 1.19. The van der Waals surface area contributed by atoms with Gasteiger partial charge in [-0.3, -0.25) is 9.78 Å². The highest BCUT2D eigenvalue weighted by Gasteiger charge is 2.35. The third-order valence-electron chi connectivity index (χ3n) is 6.95. The first-order valence-electron chi connectivity index (χ1n) is 11.5. The average Bonchev–Trinajstić information content (AvgIpc) is 3.27. The molecule has 0 atom stereocenters. The first-order chi connectivity index (χ1) is 16.0. The number of amides is 1. The second-order valence-corrected chi connectivity index (χ2v) is 10.9. The standard InChI is InChI=1S/C25H25N3O4S/c29-23-7-6-18-15-21(16-19-8-14-28(23)25(18)19)33(30,31)27-12-9-20(10-13-27)32-22-5-1-3-17-4-2-11-26-24(17)22/h1-5,11,15-16,20H,6-10,12-14H2. The second-order valence-electron chi connectivity index (χ2n) is 8.94. The highest BCUT2D eigenvalue weighted by atomic mass is 32.2. The van der Waals surface area contributed by atoms with Crippen molar-refractivity contribution in [2.24, 2.45) is 0 Å². The molecule has 0 bridgehead atoms. The lowest BCUT2D eigenvalue weighted by Crippen LogP contribution is -2.41. The van der Waals surface area contributed by atoms with Crippen LogP contribution in [0.5, 0.6) is 5.75 Å². The van der Waals surface area contributed by atoms with E-state index in [1.807, 2.05) is 35.2 Å². The zero-order valence-corrected chi connectivity index (χ0v) is 19.1. The van der Waals surface area contributed by atoms with Gasteiger partial charge in [0.05, 0.1) is 10.6 Å². The van der Waals surface area contributed by atoms with E-state index in [-0.39, 0.29) is 12.0 Å². The van der Waals surface area contributed by atoms with Gasteiger partial charge in [0.15, 0.2) is 0 Å². The molecule has 2 aromatic carbocycles. The molecule has 0 N–H and O–H groups in total. The van der Waals surface area contributed by atoms with Gasteiger partial charge in [-0.1, -0.05) is 18.2 Å². The number of hydrogen-bond donors (Lipinski definition) is 0. The molecule has 8 heteroatoms. The highest BCUT2D eigenvalue weighted by molar-refractivity contribution is 7.89. The third kappa shape index (κ3) is 3.48. The van der Waals surface area contributed by atoms with Crippen molar-refractivity contribution in [3.63, 3.8) is 0 Å². The largest absolute Gasteiger partial charge is 0.488 e. The van der Waals surface area contributed by atoms with E-state index in [0.29, 0.717) is 56.6 Å². The van der Waals surface area contributed by atoms with Crippen LogP contribution in [0.2, 0.25) is 0 Å². The van der Waals surface area contributed by atoms with Crippen molar-refractivity contribution < 1.29 is 17.9 Å². The van der Waals surface area contributed by atoms with Crippen LogP contribution in [0.3, 0.4) is 0 Å². The molecule has 1 fully saturated rings. The maximum absolute atomic E-state index is 13.5. The van der Waals surface area contributed by atoms with Gasteiger partial charge in [0.25, 0.3) is 0 Å². The van der Waals surface area contributed by atoms with E-state index >= 15 is 0 Å². The molecule has 1 amide bonds. The summed E-state index contributed by atoms with van der Waals surface area (Å²) in [7, 11) is -3.59. The SMILES string of the molecule is O=C1CCc2cc(S(=O)(=O)N3CCC(Oc4cccc5cccnc45)CC3)cc3c2N1CC3. The van der Waals surface area contributed by atoms with Crippen LogP contribution in [-0.2, 0) is 27.7 Å². The number of fused-ring (bicyclic) bond motifs is 1. The Hall–Kier alpha value is -2.97. The Bertz CT molecular complexity index is 1360. The monoisotopic (exact) mass is 463 g/mol. The molecule has 6 rings (SSSR count). The number of aryl methyl sites for hydroxylation is 1. The number of sulfonamides is 1. The lowest BCUT2D eigenvalue weighted by Gasteiger charge is -2.32. The van der Waals surface area contributed by atoms with Crippen LogP contribution in [0.4, 0.5) is 5.69 Å². The fourth-order valence-corrected chi connectivity index (χ4v) is 6.84. The number of aromatic nitrogens is 1. The Kier molecular flexibility index (Phi) is 4.88. The van der Waals surface area contributed by atoms with Gasteiger partial charge in [-0.05, 0) is 61.1 Å². The summed E-state index contributed by atoms with van der Waals surface area (Å²) in [5, 5.41) is 1.02. The van der Waals surface area contributed by atoms with Crippen molar-refractivity contribution in [1.29, 1.82) is 0 Å². The maximum atomic E-state index is 13.5. The molecule has 3 aliphatic rings. The molecule has 1 aromatic heterocycles. The molecule has 3 aliphatic heterocycles. The predicted molar refractivity (Wildman–Crippen MR) is 125 cm³/mol. The molecule has 0 spiro atoms. The summed E-state index contributed by atoms with van der Waals surface area (Å²) < 4.78 is 34.7. The van der Waals surface area contributed by atoms with Gasteiger partial charge < -0.3 is 9.64 Å². The number of ether oxygens (including phenoxy) is 1. The van der Waals surface area contributed by atoms with E-state index in [9.17, 15) is 13.2 Å². The number of nitrogens with zero attached hydrogens (tertiary/aromatic N) is 3. The van der Waals surface area contributed by atoms with E-state index in [1.165, 1.54) is 0 Å². The van der Waals surface area contributed by atoms with Crippen molar-refractivity contribution in [1.82, 2.24) is 9.29 Å². The quantitative estimate of drug-likeness (QED) is 0.593. The van der Waals surface area contributed by atoms with Crippen LogP contribution in [0.15, 0.2) is 53.6 Å². The fourth-order valence-electron chi connectivity index (χ4n) is 5.27. The normalized spacial score (nSPS) is 19.2. The molecule has 0 saturated carbocycles. The van der Waals surface area contributed by atoms with Gasteiger partial charge in [-0.2, -0.15) is 4.31 Å². The fraction of sp³-hybridized carbons (Fsp3) is 0.360. The lowest BCUT2D eigenvalue weighted by atomic mass is 10.00. The van der Waals surface area contributed by atoms with E-state index in [1.54, 1.807) is 22.6 Å². The van der Waals surface area contributed by atoms with Crippen LogP contribution < -0.4 is 9.64 Å². The summed E-state index contributed by atoms with van der Waals surface area (Å²) in [5.41, 5.74) is 3.72. The molecule has 3 aromatic rings.